The van der Waals surface area contributed by atoms with Crippen LogP contribution in [0.15, 0.2) is 60.3 Å². The molecule has 1 aliphatic carbocycles. The number of fused-ring (bicyclic) bond motifs is 3. The molecule has 0 bridgehead atoms. The molecular formula is C45H57N7O8S2. The topological polar surface area (TPSA) is 183 Å². The molecule has 5 atom stereocenters. The Kier molecular flexibility index (Phi) is 13.1. The van der Waals surface area contributed by atoms with Crippen LogP contribution in [0.2, 0.25) is 0 Å². The molecule has 0 unspecified atom stereocenters. The van der Waals surface area contributed by atoms with Crippen LogP contribution in [0, 0.1) is 17.3 Å². The van der Waals surface area contributed by atoms with Gasteiger partial charge in [-0.05, 0) is 90.5 Å². The van der Waals surface area contributed by atoms with E-state index in [9.17, 15) is 27.6 Å². The maximum absolute atomic E-state index is 14.8. The number of ketones is 1. The average molecular weight is 888 g/mol. The summed E-state index contributed by atoms with van der Waals surface area (Å²) in [6.07, 6.45) is 10.1. The van der Waals surface area contributed by atoms with E-state index in [0.717, 1.165) is 50.9 Å². The van der Waals surface area contributed by atoms with Gasteiger partial charge in [0.05, 0.1) is 35.6 Å². The van der Waals surface area contributed by atoms with Gasteiger partial charge in [-0.2, -0.15) is 17.7 Å². The number of carbonyl (C=O) groups excluding carboxylic acids is 4. The maximum Gasteiger partial charge on any atom is 0.307 e. The lowest BCUT2D eigenvalue weighted by Gasteiger charge is -2.29. The van der Waals surface area contributed by atoms with E-state index < -0.39 is 51.2 Å². The largest absolute Gasteiger partial charge is 0.460 e. The Bertz CT molecular complexity index is 2460. The summed E-state index contributed by atoms with van der Waals surface area (Å²) in [5.41, 5.74) is 1.99. The Morgan fingerprint density at radius 1 is 1.08 bits per heavy atom. The van der Waals surface area contributed by atoms with Crippen molar-refractivity contribution in [3.05, 3.63) is 60.3 Å². The first-order valence-electron chi connectivity index (χ1n) is 21.4. The Morgan fingerprint density at radius 2 is 1.87 bits per heavy atom. The number of Topliss-reactive ketones (excluding diaryl/α,β-unsaturated/α-hetero) is 1. The fraction of sp³-hybridized carbons (Fsp3) is 0.533. The quantitative estimate of drug-likeness (QED) is 0.129. The van der Waals surface area contributed by atoms with Gasteiger partial charge < -0.3 is 14.4 Å². The first kappa shape index (κ1) is 45.0. The van der Waals surface area contributed by atoms with Crippen LogP contribution in [0.1, 0.15) is 98.4 Å². The smallest absolute Gasteiger partial charge is 0.307 e. The zero-order chi connectivity index (χ0) is 44.6. The minimum Gasteiger partial charge on any atom is -0.460 e. The molecule has 2 fully saturated rings. The molecule has 3 aliphatic rings. The zero-order valence-corrected chi connectivity index (χ0v) is 38.1. The molecule has 2 amide bonds. The van der Waals surface area contributed by atoms with Gasteiger partial charge in [0.15, 0.2) is 5.78 Å². The number of esters is 1. The maximum atomic E-state index is 14.8. The average Bonchev–Trinajstić information content (AvgIpc) is 3.56. The molecule has 1 saturated heterocycles. The molecular weight excluding hydrogens is 831 g/mol. The summed E-state index contributed by atoms with van der Waals surface area (Å²) in [7, 11) is -1.50. The normalized spacial score (nSPS) is 24.3. The number of carbonyl (C=O) groups is 4. The van der Waals surface area contributed by atoms with E-state index in [-0.39, 0.29) is 55.9 Å². The number of amides is 2. The molecule has 332 valence electrons. The van der Waals surface area contributed by atoms with Crippen LogP contribution in [-0.2, 0) is 34.1 Å². The van der Waals surface area contributed by atoms with Gasteiger partial charge in [-0.3, -0.25) is 28.7 Å². The molecule has 0 radical (unpaired) electrons. The summed E-state index contributed by atoms with van der Waals surface area (Å²) in [4.78, 5) is 72.4. The molecule has 5 heterocycles. The van der Waals surface area contributed by atoms with Crippen molar-refractivity contribution in [3.8, 4) is 27.8 Å². The number of rotatable bonds is 10. The standard InChI is InChI=1S/C45H57N7O8S2/c1-28(2)52-35-19-13-18-33(40-47-34(27-61-40)30-16-14-20-46-25-30)39(35)48-43(52)59-32-22-36-37(53)24-45(42(56)49-62(57,58)50(6)7)23-31(45)17-12-10-8-9-11-15-29(41(55)51(36)26-32)21-38(54)60-44(3,4)5/h12-14,16-20,25,27-29,31-32,36H,8-11,15,21-24,26H2,1-7H3,(H,49,56)/b17-12-/t29-,31-,32-,36+,45-/m1/s1. The molecule has 7 rings (SSSR count). The molecule has 1 aromatic carbocycles. The van der Waals surface area contributed by atoms with E-state index in [1.54, 1.807) is 33.2 Å². The van der Waals surface area contributed by atoms with Crippen molar-refractivity contribution < 1.29 is 37.1 Å². The van der Waals surface area contributed by atoms with Crippen molar-refractivity contribution in [2.45, 2.75) is 116 Å². The number of allylic oxidation sites excluding steroid dienone is 2. The lowest BCUT2D eigenvalue weighted by molar-refractivity contribution is -0.159. The summed E-state index contributed by atoms with van der Waals surface area (Å²) in [5, 5.41) is 2.76. The Labute approximate surface area is 367 Å². The summed E-state index contributed by atoms with van der Waals surface area (Å²) in [6, 6.07) is 8.96. The number of hydrogen-bond donors (Lipinski definition) is 1. The van der Waals surface area contributed by atoms with E-state index in [4.69, 9.17) is 19.4 Å². The summed E-state index contributed by atoms with van der Waals surface area (Å²) >= 11 is 1.50. The predicted molar refractivity (Wildman–Crippen MR) is 236 cm³/mol. The lowest BCUT2D eigenvalue weighted by atomic mass is 9.90. The minimum absolute atomic E-state index is 0.0344. The van der Waals surface area contributed by atoms with Gasteiger partial charge in [-0.1, -0.05) is 31.1 Å². The number of benzene rings is 1. The highest BCUT2D eigenvalue weighted by molar-refractivity contribution is 7.87. The van der Waals surface area contributed by atoms with Crippen molar-refractivity contribution >= 4 is 56.1 Å². The fourth-order valence-corrected chi connectivity index (χ4v) is 10.0. The van der Waals surface area contributed by atoms with Crippen molar-refractivity contribution in [2.24, 2.45) is 17.3 Å². The highest BCUT2D eigenvalue weighted by atomic mass is 32.2. The summed E-state index contributed by atoms with van der Waals surface area (Å²) < 4.78 is 43.2. The van der Waals surface area contributed by atoms with Crippen molar-refractivity contribution in [2.75, 3.05) is 20.6 Å². The second-order valence-electron chi connectivity index (χ2n) is 18.2. The van der Waals surface area contributed by atoms with Crippen molar-refractivity contribution in [1.82, 2.24) is 33.4 Å². The molecule has 15 nitrogen and oxygen atoms in total. The van der Waals surface area contributed by atoms with Crippen LogP contribution >= 0.6 is 11.3 Å². The molecule has 17 heteroatoms. The van der Waals surface area contributed by atoms with Gasteiger partial charge in [-0.25, -0.2) is 9.71 Å². The third-order valence-corrected chi connectivity index (χ3v) is 14.1. The summed E-state index contributed by atoms with van der Waals surface area (Å²) in [5.74, 6) is -3.10. The van der Waals surface area contributed by atoms with Gasteiger partial charge in [-0.15, -0.1) is 11.3 Å². The van der Waals surface area contributed by atoms with Gasteiger partial charge >= 0.3 is 16.2 Å². The van der Waals surface area contributed by atoms with E-state index in [2.05, 4.69) is 9.71 Å². The Hall–Kier alpha value is -5.00. The second kappa shape index (κ2) is 18.0. The Morgan fingerprint density at radius 3 is 2.58 bits per heavy atom. The number of ether oxygens (including phenoxy) is 2. The molecule has 1 N–H and O–H groups in total. The third kappa shape index (κ3) is 9.79. The molecule has 0 spiro atoms. The van der Waals surface area contributed by atoms with Gasteiger partial charge in [0.2, 0.25) is 11.8 Å². The molecule has 4 aromatic rings. The number of imidazole rings is 1. The highest BCUT2D eigenvalue weighted by Gasteiger charge is 2.61. The second-order valence-corrected chi connectivity index (χ2v) is 20.9. The van der Waals surface area contributed by atoms with E-state index in [1.807, 2.05) is 66.3 Å². The fourth-order valence-electron chi connectivity index (χ4n) is 8.57. The molecule has 1 saturated carbocycles. The SMILES string of the molecule is CC(C)n1c(O[C@@H]2C[C@H]3C(=O)C[C@]4(C(=O)NS(=O)(=O)N(C)C)C[C@H]4/C=C\CCCCC[C@H](CC(=O)OC(C)(C)C)C(=O)N3C2)nc2c(-c3nc(-c4cccnc4)cs3)cccc21. The van der Waals surface area contributed by atoms with Gasteiger partial charge in [0, 0.05) is 67.8 Å². The van der Waals surface area contributed by atoms with E-state index in [0.29, 0.717) is 24.4 Å². The molecule has 62 heavy (non-hydrogen) atoms. The number of pyridine rings is 1. The lowest BCUT2D eigenvalue weighted by Crippen LogP contribution is -2.47. The third-order valence-electron chi connectivity index (χ3n) is 11.8. The minimum atomic E-state index is -4.14. The number of nitrogens with zero attached hydrogens (tertiary/aromatic N) is 6. The number of hydrogen-bond acceptors (Lipinski definition) is 12. The number of nitrogens with one attached hydrogen (secondary N) is 1. The van der Waals surface area contributed by atoms with E-state index in [1.165, 1.54) is 30.3 Å². The predicted octanol–water partition coefficient (Wildman–Crippen LogP) is 6.91. The van der Waals surface area contributed by atoms with Gasteiger partial charge in [0.1, 0.15) is 22.2 Å². The zero-order valence-electron chi connectivity index (χ0n) is 36.5. The van der Waals surface area contributed by atoms with Crippen LogP contribution in [0.5, 0.6) is 6.01 Å². The van der Waals surface area contributed by atoms with Crippen LogP contribution in [0.25, 0.3) is 32.9 Å². The molecule has 3 aromatic heterocycles. The number of aromatic nitrogens is 4. The number of thiazole rings is 1. The monoisotopic (exact) mass is 887 g/mol. The highest BCUT2D eigenvalue weighted by Crippen LogP contribution is 2.57. The Balaban J connectivity index is 1.23. The van der Waals surface area contributed by atoms with Crippen molar-refractivity contribution in [3.63, 3.8) is 0 Å². The van der Waals surface area contributed by atoms with Crippen LogP contribution in [0.3, 0.4) is 0 Å². The van der Waals surface area contributed by atoms with Crippen LogP contribution in [0.4, 0.5) is 0 Å². The van der Waals surface area contributed by atoms with Gasteiger partial charge in [0.25, 0.3) is 6.01 Å². The first-order chi connectivity index (χ1) is 29.4. The first-order valence-corrected chi connectivity index (χ1v) is 23.7. The number of para-hydroxylation sites is 1. The van der Waals surface area contributed by atoms with Crippen LogP contribution < -0.4 is 9.46 Å². The van der Waals surface area contributed by atoms with E-state index >= 15 is 0 Å². The summed E-state index contributed by atoms with van der Waals surface area (Å²) in [6.45, 7) is 9.42. The van der Waals surface area contributed by atoms with Crippen LogP contribution in [-0.4, -0.2) is 99.1 Å². The van der Waals surface area contributed by atoms with Crippen molar-refractivity contribution in [1.29, 1.82) is 0 Å². The molecule has 2 aliphatic heterocycles.